The number of nitro groups is 1. The van der Waals surface area contributed by atoms with Gasteiger partial charge in [-0.05, 0) is 6.07 Å². The molecule has 7 heteroatoms. The predicted molar refractivity (Wildman–Crippen MR) is 80.4 cm³/mol. The Bertz CT molecular complexity index is 885. The molecule has 0 aliphatic heterocycles. The summed E-state index contributed by atoms with van der Waals surface area (Å²) < 4.78 is 1.55. The van der Waals surface area contributed by atoms with Crippen molar-refractivity contribution < 1.29 is 9.72 Å². The van der Waals surface area contributed by atoms with E-state index in [1.54, 1.807) is 41.1 Å². The molecule has 0 bridgehead atoms. The van der Waals surface area contributed by atoms with E-state index in [0.29, 0.717) is 16.5 Å². The highest BCUT2D eigenvalue weighted by atomic mass is 16.6. The molecule has 0 radical (unpaired) electrons. The molecule has 0 aliphatic carbocycles. The Morgan fingerprint density at radius 3 is 2.59 bits per heavy atom. The number of carbonyl (C=O) groups is 1. The van der Waals surface area contributed by atoms with Gasteiger partial charge in [0.25, 0.3) is 11.6 Å². The average Bonchev–Trinajstić information content (AvgIpc) is 2.87. The number of benzene rings is 2. The van der Waals surface area contributed by atoms with E-state index in [1.165, 1.54) is 6.07 Å². The molecule has 110 valence electrons. The first kappa shape index (κ1) is 13.7. The molecule has 0 aliphatic rings. The van der Waals surface area contributed by atoms with Crippen LogP contribution < -0.4 is 5.73 Å². The molecule has 0 fully saturated rings. The van der Waals surface area contributed by atoms with E-state index < -0.39 is 10.8 Å². The number of fused-ring (bicyclic) bond motifs is 1. The molecule has 1 amide bonds. The second-order valence-corrected chi connectivity index (χ2v) is 4.77. The number of hydrogen-bond donors (Lipinski definition) is 1. The van der Waals surface area contributed by atoms with Crippen molar-refractivity contribution in [1.29, 1.82) is 0 Å². The van der Waals surface area contributed by atoms with Gasteiger partial charge in [-0.3, -0.25) is 19.6 Å². The molecule has 22 heavy (non-hydrogen) atoms. The van der Waals surface area contributed by atoms with Crippen LogP contribution in [0.1, 0.15) is 16.1 Å². The lowest BCUT2D eigenvalue weighted by atomic mass is 10.1. The van der Waals surface area contributed by atoms with E-state index in [4.69, 9.17) is 5.73 Å². The lowest BCUT2D eigenvalue weighted by molar-refractivity contribution is -0.385. The van der Waals surface area contributed by atoms with Crippen LogP contribution in [0, 0.1) is 10.1 Å². The van der Waals surface area contributed by atoms with Gasteiger partial charge in [-0.25, -0.2) is 0 Å². The summed E-state index contributed by atoms with van der Waals surface area (Å²) in [5.74, 6) is -0.627. The lowest BCUT2D eigenvalue weighted by Crippen LogP contribution is -2.13. The van der Waals surface area contributed by atoms with Crippen LogP contribution in [-0.4, -0.2) is 20.6 Å². The Kier molecular flexibility index (Phi) is 3.30. The minimum Gasteiger partial charge on any atom is -0.364 e. The van der Waals surface area contributed by atoms with Crippen LogP contribution in [0.3, 0.4) is 0 Å². The van der Waals surface area contributed by atoms with Gasteiger partial charge in [-0.2, -0.15) is 5.10 Å². The monoisotopic (exact) mass is 296 g/mol. The van der Waals surface area contributed by atoms with Gasteiger partial charge in [0.05, 0.1) is 22.5 Å². The zero-order valence-corrected chi connectivity index (χ0v) is 11.5. The normalized spacial score (nSPS) is 10.7. The number of carbonyl (C=O) groups excluding carboxylic acids is 1. The van der Waals surface area contributed by atoms with Crippen molar-refractivity contribution in [2.24, 2.45) is 5.73 Å². The highest BCUT2D eigenvalue weighted by Gasteiger charge is 2.17. The van der Waals surface area contributed by atoms with Crippen molar-refractivity contribution >= 4 is 22.5 Å². The highest BCUT2D eigenvalue weighted by Crippen LogP contribution is 2.23. The number of nitrogens with zero attached hydrogens (tertiary/aromatic N) is 3. The molecule has 1 heterocycles. The third-order valence-electron chi connectivity index (χ3n) is 3.40. The number of aromatic nitrogens is 2. The average molecular weight is 296 g/mol. The summed E-state index contributed by atoms with van der Waals surface area (Å²) in [5, 5.41) is 15.9. The number of nitrogens with two attached hydrogens (primary N) is 1. The fourth-order valence-corrected chi connectivity index (χ4v) is 2.41. The molecule has 0 saturated carbocycles. The molecule has 3 aromatic rings. The predicted octanol–water partition coefficient (Wildman–Crippen LogP) is 2.09. The van der Waals surface area contributed by atoms with E-state index in [0.717, 1.165) is 0 Å². The van der Waals surface area contributed by atoms with Gasteiger partial charge in [-0.15, -0.1) is 0 Å². The second-order valence-electron chi connectivity index (χ2n) is 4.77. The van der Waals surface area contributed by atoms with Gasteiger partial charge in [-0.1, -0.05) is 36.4 Å². The van der Waals surface area contributed by atoms with Gasteiger partial charge < -0.3 is 5.73 Å². The van der Waals surface area contributed by atoms with Crippen LogP contribution in [0.2, 0.25) is 0 Å². The Labute approximate surface area is 125 Å². The number of nitro benzene ring substituents is 1. The smallest absolute Gasteiger partial charge is 0.274 e. The van der Waals surface area contributed by atoms with Crippen molar-refractivity contribution in [3.63, 3.8) is 0 Å². The summed E-state index contributed by atoms with van der Waals surface area (Å²) in [7, 11) is 0. The quantitative estimate of drug-likeness (QED) is 0.588. The molecular formula is C15H12N4O3. The van der Waals surface area contributed by atoms with Crippen molar-refractivity contribution in [1.82, 2.24) is 9.78 Å². The summed E-state index contributed by atoms with van der Waals surface area (Å²) in [6.07, 6.45) is 0. The fourth-order valence-electron chi connectivity index (χ4n) is 2.41. The molecule has 3 rings (SSSR count). The van der Waals surface area contributed by atoms with Crippen molar-refractivity contribution in [2.45, 2.75) is 6.54 Å². The maximum atomic E-state index is 11.5. The van der Waals surface area contributed by atoms with Crippen LogP contribution in [0.15, 0.2) is 48.5 Å². The number of rotatable bonds is 4. The van der Waals surface area contributed by atoms with Gasteiger partial charge in [0, 0.05) is 11.5 Å². The van der Waals surface area contributed by atoms with E-state index in [2.05, 4.69) is 5.10 Å². The first-order valence-electron chi connectivity index (χ1n) is 6.55. The summed E-state index contributed by atoms with van der Waals surface area (Å²) in [6.45, 7) is 0.185. The SMILES string of the molecule is NC(=O)c1nn(Cc2ccccc2[N+](=O)[O-])c2ccccc12. The Morgan fingerprint density at radius 2 is 1.86 bits per heavy atom. The van der Waals surface area contributed by atoms with Crippen molar-refractivity contribution in [3.8, 4) is 0 Å². The molecule has 1 aromatic heterocycles. The Hall–Kier alpha value is -3.22. The van der Waals surface area contributed by atoms with E-state index in [-0.39, 0.29) is 17.9 Å². The molecule has 0 spiro atoms. The molecule has 7 nitrogen and oxygen atoms in total. The first-order chi connectivity index (χ1) is 10.6. The number of hydrogen-bond acceptors (Lipinski definition) is 4. The molecule has 0 unspecified atom stereocenters. The minimum absolute atomic E-state index is 0.0164. The maximum Gasteiger partial charge on any atom is 0.274 e. The van der Waals surface area contributed by atoms with E-state index in [1.807, 2.05) is 6.07 Å². The number of amides is 1. The summed E-state index contributed by atoms with van der Waals surface area (Å²) in [5.41, 5.74) is 6.73. The zero-order valence-electron chi connectivity index (χ0n) is 11.5. The van der Waals surface area contributed by atoms with Crippen molar-refractivity contribution in [3.05, 3.63) is 69.9 Å². The maximum absolute atomic E-state index is 11.5. The van der Waals surface area contributed by atoms with Gasteiger partial charge in [0.15, 0.2) is 5.69 Å². The van der Waals surface area contributed by atoms with E-state index in [9.17, 15) is 14.9 Å². The topological polar surface area (TPSA) is 104 Å². The molecule has 2 N–H and O–H groups in total. The molecular weight excluding hydrogens is 284 g/mol. The van der Waals surface area contributed by atoms with Crippen molar-refractivity contribution in [2.75, 3.05) is 0 Å². The molecule has 2 aromatic carbocycles. The third kappa shape index (κ3) is 2.28. The van der Waals surface area contributed by atoms with Crippen LogP contribution in [0.25, 0.3) is 10.9 Å². The summed E-state index contributed by atoms with van der Waals surface area (Å²) in [6, 6.07) is 13.6. The van der Waals surface area contributed by atoms with Gasteiger partial charge in [0.2, 0.25) is 0 Å². The molecule has 0 atom stereocenters. The lowest BCUT2D eigenvalue weighted by Gasteiger charge is -2.04. The second kappa shape index (κ2) is 5.28. The van der Waals surface area contributed by atoms with Gasteiger partial charge in [0.1, 0.15) is 0 Å². The van der Waals surface area contributed by atoms with Gasteiger partial charge >= 0.3 is 0 Å². The third-order valence-corrected chi connectivity index (χ3v) is 3.40. The standard InChI is InChI=1S/C15H12N4O3/c16-15(20)14-11-6-2-4-8-13(11)18(17-14)9-10-5-1-3-7-12(10)19(21)22/h1-8H,9H2,(H2,16,20). The van der Waals surface area contributed by atoms with Crippen LogP contribution in [-0.2, 0) is 6.54 Å². The van der Waals surface area contributed by atoms with Crippen LogP contribution in [0.5, 0.6) is 0 Å². The number of para-hydroxylation sites is 2. The summed E-state index contributed by atoms with van der Waals surface area (Å²) >= 11 is 0. The van der Waals surface area contributed by atoms with Crippen LogP contribution >= 0.6 is 0 Å². The first-order valence-corrected chi connectivity index (χ1v) is 6.55. The van der Waals surface area contributed by atoms with Crippen LogP contribution in [0.4, 0.5) is 5.69 Å². The largest absolute Gasteiger partial charge is 0.364 e. The Morgan fingerprint density at radius 1 is 1.18 bits per heavy atom. The Balaban J connectivity index is 2.13. The minimum atomic E-state index is -0.627. The highest BCUT2D eigenvalue weighted by molar-refractivity contribution is 6.04. The fraction of sp³-hybridized carbons (Fsp3) is 0.0667. The number of primary amides is 1. The zero-order chi connectivity index (χ0) is 15.7. The molecule has 0 saturated heterocycles. The summed E-state index contributed by atoms with van der Waals surface area (Å²) in [4.78, 5) is 22.2. The van der Waals surface area contributed by atoms with E-state index >= 15 is 0 Å².